The lowest BCUT2D eigenvalue weighted by Gasteiger charge is -2.15. The summed E-state index contributed by atoms with van der Waals surface area (Å²) >= 11 is 0. The van der Waals surface area contributed by atoms with E-state index in [0.29, 0.717) is 10.8 Å². The first-order chi connectivity index (χ1) is 4.95. The van der Waals surface area contributed by atoms with Crippen LogP contribution in [-0.2, 0) is 0 Å². The molecule has 0 bridgehead atoms. The molecule has 0 nitrogen and oxygen atoms in total. The van der Waals surface area contributed by atoms with Crippen LogP contribution in [0.1, 0.15) is 48.5 Å². The molecule has 2 aliphatic rings. The Labute approximate surface area is 77.7 Å². The van der Waals surface area contributed by atoms with Crippen molar-refractivity contribution in [1.82, 2.24) is 0 Å². The van der Waals surface area contributed by atoms with Crippen molar-refractivity contribution in [2.24, 2.45) is 28.6 Å². The predicted octanol–water partition coefficient (Wildman–Crippen LogP) is 3.96. The van der Waals surface area contributed by atoms with Crippen LogP contribution >= 0.6 is 0 Å². The lowest BCUT2D eigenvalue weighted by Crippen LogP contribution is -2.07. The van der Waals surface area contributed by atoms with Gasteiger partial charge in [0.05, 0.1) is 0 Å². The van der Waals surface area contributed by atoms with E-state index in [1.165, 1.54) is 6.42 Å². The van der Waals surface area contributed by atoms with Crippen LogP contribution in [0, 0.1) is 28.6 Å². The number of rotatable bonds is 0. The third-order valence-electron chi connectivity index (χ3n) is 5.63. The molecule has 12 heavy (non-hydrogen) atoms. The summed E-state index contributed by atoms with van der Waals surface area (Å²) in [6.45, 7) is 12.3. The fourth-order valence-corrected chi connectivity index (χ4v) is 4.06. The molecule has 0 saturated heterocycles. The largest absolute Gasteiger partial charge is 0.0776 e. The highest BCUT2D eigenvalue weighted by Gasteiger charge is 2.75. The van der Waals surface area contributed by atoms with Crippen molar-refractivity contribution in [2.45, 2.75) is 48.5 Å². The maximum atomic E-state index is 2.49. The van der Waals surface area contributed by atoms with Gasteiger partial charge in [0.25, 0.3) is 0 Å². The van der Waals surface area contributed by atoms with Crippen LogP contribution in [-0.4, -0.2) is 0 Å². The van der Waals surface area contributed by atoms with Gasteiger partial charge in [-0.15, -0.1) is 0 Å². The Kier molecular flexibility index (Phi) is 1.91. The van der Waals surface area contributed by atoms with Crippen molar-refractivity contribution in [3.63, 3.8) is 0 Å². The maximum absolute atomic E-state index is 2.49. The van der Waals surface area contributed by atoms with Gasteiger partial charge in [-0.2, -0.15) is 0 Å². The molecule has 0 aromatic heterocycles. The summed E-state index contributed by atoms with van der Waals surface area (Å²) in [6, 6.07) is 0. The minimum absolute atomic E-state index is 0. The van der Waals surface area contributed by atoms with Crippen LogP contribution in [0.4, 0.5) is 0 Å². The third-order valence-corrected chi connectivity index (χ3v) is 5.63. The second-order valence-electron chi connectivity index (χ2n) is 5.32. The summed E-state index contributed by atoms with van der Waals surface area (Å²) in [5, 5.41) is 0. The van der Waals surface area contributed by atoms with Crippen LogP contribution in [0.5, 0.6) is 0 Å². The van der Waals surface area contributed by atoms with E-state index in [2.05, 4.69) is 34.6 Å². The molecule has 0 N–H and O–H groups in total. The Bertz CT molecular complexity index is 164. The van der Waals surface area contributed by atoms with Crippen LogP contribution in [0.25, 0.3) is 0 Å². The van der Waals surface area contributed by atoms with Gasteiger partial charge >= 0.3 is 0 Å². The molecule has 0 aromatic rings. The quantitative estimate of drug-likeness (QED) is 0.513. The minimum atomic E-state index is 0. The molecule has 2 fully saturated rings. The van der Waals surface area contributed by atoms with E-state index in [1.807, 2.05) is 0 Å². The lowest BCUT2D eigenvalue weighted by atomic mass is 9.90. The highest BCUT2D eigenvalue weighted by Crippen LogP contribution is 2.81. The van der Waals surface area contributed by atoms with Gasteiger partial charge in [-0.1, -0.05) is 42.0 Å². The monoisotopic (exact) mass is 168 g/mol. The first-order valence-electron chi connectivity index (χ1n) is 4.95. The molecule has 0 heteroatoms. The Balaban J connectivity index is 0.000000720. The van der Waals surface area contributed by atoms with Gasteiger partial charge < -0.3 is 0 Å². The molecule has 0 spiro atoms. The van der Waals surface area contributed by atoms with E-state index in [-0.39, 0.29) is 7.43 Å². The van der Waals surface area contributed by atoms with E-state index in [4.69, 9.17) is 0 Å². The minimum Gasteiger partial charge on any atom is -0.0776 e. The first kappa shape index (κ1) is 10.1. The van der Waals surface area contributed by atoms with Crippen molar-refractivity contribution in [3.05, 3.63) is 0 Å². The standard InChI is InChI=1S/C11H20.CH4/c1-7-6-8(2)11(5)9(3)10(7,11)4;/h7-9H,6H2,1-5H3;1H4. The molecule has 0 aromatic carbocycles. The molecule has 0 amide bonds. The molecular formula is C12H24. The van der Waals surface area contributed by atoms with Crippen LogP contribution < -0.4 is 0 Å². The lowest BCUT2D eigenvalue weighted by molar-refractivity contribution is 0.339. The Hall–Kier alpha value is 0. The molecule has 72 valence electrons. The zero-order chi connectivity index (χ0) is 8.44. The predicted molar refractivity (Wildman–Crippen MR) is 55.1 cm³/mol. The summed E-state index contributed by atoms with van der Waals surface area (Å²) in [5.41, 5.74) is 1.37. The van der Waals surface area contributed by atoms with E-state index < -0.39 is 0 Å². The second-order valence-corrected chi connectivity index (χ2v) is 5.32. The fraction of sp³-hybridized carbons (Fsp3) is 1.00. The number of hydrogen-bond donors (Lipinski definition) is 0. The van der Waals surface area contributed by atoms with Gasteiger partial charge in [0, 0.05) is 0 Å². The van der Waals surface area contributed by atoms with Crippen molar-refractivity contribution < 1.29 is 0 Å². The smallest absolute Gasteiger partial charge is 0.0210 e. The second kappa shape index (κ2) is 2.27. The highest BCUT2D eigenvalue weighted by molar-refractivity contribution is 5.23. The van der Waals surface area contributed by atoms with Gasteiger partial charge in [0.1, 0.15) is 0 Å². The summed E-state index contributed by atoms with van der Waals surface area (Å²) in [5.74, 6) is 2.88. The van der Waals surface area contributed by atoms with E-state index in [1.54, 1.807) is 0 Å². The number of fused-ring (bicyclic) bond motifs is 1. The van der Waals surface area contributed by atoms with Crippen LogP contribution in [0.3, 0.4) is 0 Å². The Morgan fingerprint density at radius 3 is 1.42 bits per heavy atom. The van der Waals surface area contributed by atoms with Gasteiger partial charge in [-0.05, 0) is 35.0 Å². The molecule has 2 aliphatic carbocycles. The fourth-order valence-electron chi connectivity index (χ4n) is 4.06. The summed E-state index contributed by atoms with van der Waals surface area (Å²) in [7, 11) is 0. The molecule has 0 heterocycles. The first-order valence-corrected chi connectivity index (χ1v) is 4.95. The summed E-state index contributed by atoms with van der Waals surface area (Å²) < 4.78 is 0. The van der Waals surface area contributed by atoms with E-state index in [0.717, 1.165) is 17.8 Å². The van der Waals surface area contributed by atoms with Crippen molar-refractivity contribution in [1.29, 1.82) is 0 Å². The average molecular weight is 168 g/mol. The highest BCUT2D eigenvalue weighted by atomic mass is 14.8. The molecule has 0 radical (unpaired) electrons. The van der Waals surface area contributed by atoms with Crippen molar-refractivity contribution in [2.75, 3.05) is 0 Å². The van der Waals surface area contributed by atoms with E-state index >= 15 is 0 Å². The molecule has 4 unspecified atom stereocenters. The van der Waals surface area contributed by atoms with E-state index in [9.17, 15) is 0 Å². The van der Waals surface area contributed by atoms with Gasteiger partial charge in [0.15, 0.2) is 0 Å². The van der Waals surface area contributed by atoms with Crippen LogP contribution in [0.2, 0.25) is 0 Å². The zero-order valence-corrected chi connectivity index (χ0v) is 8.44. The van der Waals surface area contributed by atoms with Crippen LogP contribution in [0.15, 0.2) is 0 Å². The summed E-state index contributed by atoms with van der Waals surface area (Å²) in [6.07, 6.45) is 1.46. The molecule has 4 atom stereocenters. The molecular weight excluding hydrogens is 144 g/mol. The topological polar surface area (TPSA) is 0 Å². The molecule has 2 rings (SSSR count). The summed E-state index contributed by atoms with van der Waals surface area (Å²) in [4.78, 5) is 0. The molecule has 0 aliphatic heterocycles. The Morgan fingerprint density at radius 1 is 0.917 bits per heavy atom. The van der Waals surface area contributed by atoms with Gasteiger partial charge in [-0.25, -0.2) is 0 Å². The van der Waals surface area contributed by atoms with Crippen molar-refractivity contribution in [3.8, 4) is 0 Å². The van der Waals surface area contributed by atoms with Gasteiger partial charge in [0.2, 0.25) is 0 Å². The third kappa shape index (κ3) is 0.661. The van der Waals surface area contributed by atoms with Crippen molar-refractivity contribution >= 4 is 0 Å². The molecule has 2 saturated carbocycles. The SMILES string of the molecule is C.CC1CC(C)C2(C)C(C)C12C. The average Bonchev–Trinajstić information content (AvgIpc) is 2.30. The van der Waals surface area contributed by atoms with Gasteiger partial charge in [-0.3, -0.25) is 0 Å². The maximum Gasteiger partial charge on any atom is -0.0210 e. The normalized spacial score (nSPS) is 62.2. The zero-order valence-electron chi connectivity index (χ0n) is 8.44. The Morgan fingerprint density at radius 2 is 1.25 bits per heavy atom. The number of hydrogen-bond acceptors (Lipinski definition) is 0.